The Kier molecular flexibility index (Phi) is 4.92. The van der Waals surface area contributed by atoms with Crippen molar-refractivity contribution < 1.29 is 28.6 Å². The molecule has 3 atom stereocenters. The smallest absolute Gasteiger partial charge is 0.310 e. The van der Waals surface area contributed by atoms with E-state index in [0.717, 1.165) is 17.0 Å². The van der Waals surface area contributed by atoms with Gasteiger partial charge in [-0.2, -0.15) is 0 Å². The Balaban J connectivity index is 1.82. The fourth-order valence-corrected chi connectivity index (χ4v) is 4.53. The van der Waals surface area contributed by atoms with Crippen molar-refractivity contribution >= 4 is 17.6 Å². The van der Waals surface area contributed by atoms with Crippen LogP contribution in [0.2, 0.25) is 0 Å². The van der Waals surface area contributed by atoms with Crippen LogP contribution in [-0.4, -0.2) is 39.9 Å². The van der Waals surface area contributed by atoms with Gasteiger partial charge in [-0.3, -0.25) is 14.4 Å². The molecular weight excluding hydrogens is 374 g/mol. The summed E-state index contributed by atoms with van der Waals surface area (Å²) in [4.78, 5) is 31.2. The first kappa shape index (κ1) is 19.3. The summed E-state index contributed by atoms with van der Waals surface area (Å²) in [6.45, 7) is 0.206. The SMILES string of the molecule is COC(=O)[C@@H]1[C@@H](C(=O)OC)C12CON(c1ccccc1)[C@H]2c1ccc(OC)cc1. The summed E-state index contributed by atoms with van der Waals surface area (Å²) >= 11 is 0. The molecule has 1 saturated carbocycles. The Morgan fingerprint density at radius 2 is 1.52 bits per heavy atom. The number of rotatable bonds is 5. The Hall–Kier alpha value is -3.06. The van der Waals surface area contributed by atoms with Crippen molar-refractivity contribution in [3.8, 4) is 5.75 Å². The van der Waals surface area contributed by atoms with E-state index in [1.807, 2.05) is 54.6 Å². The van der Waals surface area contributed by atoms with E-state index in [9.17, 15) is 9.59 Å². The Morgan fingerprint density at radius 1 is 0.931 bits per heavy atom. The van der Waals surface area contributed by atoms with E-state index >= 15 is 0 Å². The van der Waals surface area contributed by atoms with Crippen LogP contribution in [0.3, 0.4) is 0 Å². The minimum absolute atomic E-state index is 0.206. The van der Waals surface area contributed by atoms with E-state index in [4.69, 9.17) is 19.0 Å². The molecule has 29 heavy (non-hydrogen) atoms. The molecule has 0 aromatic heterocycles. The Bertz CT molecular complexity index is 875. The van der Waals surface area contributed by atoms with Gasteiger partial charge in [-0.05, 0) is 29.8 Å². The summed E-state index contributed by atoms with van der Waals surface area (Å²) in [6.07, 6.45) is 0. The summed E-state index contributed by atoms with van der Waals surface area (Å²) in [5, 5.41) is 1.78. The number of hydrogen-bond acceptors (Lipinski definition) is 7. The van der Waals surface area contributed by atoms with Gasteiger partial charge in [0, 0.05) is 0 Å². The molecule has 0 radical (unpaired) electrons. The zero-order chi connectivity index (χ0) is 20.6. The highest BCUT2D eigenvalue weighted by Crippen LogP contribution is 2.70. The summed E-state index contributed by atoms with van der Waals surface area (Å²) < 4.78 is 15.3. The maximum atomic E-state index is 12.6. The number of hydroxylamine groups is 1. The molecule has 0 unspecified atom stereocenters. The van der Waals surface area contributed by atoms with E-state index in [2.05, 4.69) is 0 Å². The lowest BCUT2D eigenvalue weighted by molar-refractivity contribution is -0.148. The third-order valence-corrected chi connectivity index (χ3v) is 5.93. The van der Waals surface area contributed by atoms with E-state index in [-0.39, 0.29) is 12.6 Å². The van der Waals surface area contributed by atoms with Gasteiger partial charge in [-0.1, -0.05) is 30.3 Å². The minimum Gasteiger partial charge on any atom is -0.497 e. The van der Waals surface area contributed by atoms with Crippen LogP contribution in [0.15, 0.2) is 54.6 Å². The van der Waals surface area contributed by atoms with Crippen LogP contribution in [0.5, 0.6) is 5.75 Å². The van der Waals surface area contributed by atoms with Gasteiger partial charge in [0.05, 0.1) is 56.9 Å². The molecule has 4 rings (SSSR count). The lowest BCUT2D eigenvalue weighted by atomic mass is 9.87. The molecule has 0 N–H and O–H groups in total. The van der Waals surface area contributed by atoms with E-state index in [0.29, 0.717) is 0 Å². The van der Waals surface area contributed by atoms with Crippen LogP contribution in [0.25, 0.3) is 0 Å². The number of esters is 2. The van der Waals surface area contributed by atoms with Crippen LogP contribution in [-0.2, 0) is 23.9 Å². The minimum atomic E-state index is -0.773. The van der Waals surface area contributed by atoms with Crippen LogP contribution in [0.4, 0.5) is 5.69 Å². The lowest BCUT2D eigenvalue weighted by Gasteiger charge is -2.28. The number of para-hydroxylation sites is 1. The number of nitrogens with zero attached hydrogens (tertiary/aromatic N) is 1. The predicted molar refractivity (Wildman–Crippen MR) is 104 cm³/mol. The average Bonchev–Trinajstić information content (AvgIpc) is 3.28. The molecule has 1 spiro atoms. The second kappa shape index (κ2) is 7.40. The summed E-state index contributed by atoms with van der Waals surface area (Å²) in [7, 11) is 4.26. The maximum absolute atomic E-state index is 12.6. The topological polar surface area (TPSA) is 74.3 Å². The monoisotopic (exact) mass is 397 g/mol. The predicted octanol–water partition coefficient (Wildman–Crippen LogP) is 2.77. The van der Waals surface area contributed by atoms with E-state index < -0.39 is 29.2 Å². The van der Waals surface area contributed by atoms with Crippen molar-refractivity contribution in [2.45, 2.75) is 6.04 Å². The molecular formula is C22H23NO6. The normalized spacial score (nSPS) is 27.6. The zero-order valence-electron chi connectivity index (χ0n) is 16.5. The van der Waals surface area contributed by atoms with Gasteiger partial charge in [0.15, 0.2) is 0 Å². The van der Waals surface area contributed by atoms with Gasteiger partial charge < -0.3 is 14.2 Å². The number of ether oxygens (including phenoxy) is 3. The quantitative estimate of drug-likeness (QED) is 0.718. The molecule has 1 saturated heterocycles. The molecule has 2 aliphatic rings. The highest BCUT2D eigenvalue weighted by molar-refractivity contribution is 5.91. The van der Waals surface area contributed by atoms with Crippen molar-refractivity contribution in [2.75, 3.05) is 33.0 Å². The van der Waals surface area contributed by atoms with Gasteiger partial charge in [-0.25, -0.2) is 5.06 Å². The Labute approximate surface area is 169 Å². The van der Waals surface area contributed by atoms with Crippen molar-refractivity contribution in [3.05, 3.63) is 60.2 Å². The molecule has 0 amide bonds. The number of carbonyl (C=O) groups excluding carboxylic acids is 2. The van der Waals surface area contributed by atoms with Crippen molar-refractivity contribution in [2.24, 2.45) is 17.3 Å². The van der Waals surface area contributed by atoms with Gasteiger partial charge in [0.2, 0.25) is 0 Å². The van der Waals surface area contributed by atoms with E-state index in [1.165, 1.54) is 14.2 Å². The van der Waals surface area contributed by atoms with Crippen molar-refractivity contribution in [3.63, 3.8) is 0 Å². The number of anilines is 1. The fourth-order valence-electron chi connectivity index (χ4n) is 4.53. The van der Waals surface area contributed by atoms with Gasteiger partial charge in [0.25, 0.3) is 0 Å². The molecule has 1 heterocycles. The second-order valence-corrected chi connectivity index (χ2v) is 7.22. The highest BCUT2D eigenvalue weighted by Gasteiger charge is 2.79. The molecule has 1 aliphatic heterocycles. The average molecular weight is 397 g/mol. The molecule has 0 bridgehead atoms. The zero-order valence-corrected chi connectivity index (χ0v) is 16.5. The molecule has 1 aliphatic carbocycles. The van der Waals surface area contributed by atoms with E-state index in [1.54, 1.807) is 12.2 Å². The molecule has 7 nitrogen and oxygen atoms in total. The first-order valence-corrected chi connectivity index (χ1v) is 9.35. The summed E-state index contributed by atoms with van der Waals surface area (Å²) in [6, 6.07) is 16.8. The second-order valence-electron chi connectivity index (χ2n) is 7.22. The molecule has 2 aromatic carbocycles. The third-order valence-electron chi connectivity index (χ3n) is 5.93. The largest absolute Gasteiger partial charge is 0.497 e. The third kappa shape index (κ3) is 2.93. The van der Waals surface area contributed by atoms with Gasteiger partial charge >= 0.3 is 11.9 Å². The van der Waals surface area contributed by atoms with Gasteiger partial charge in [0.1, 0.15) is 5.75 Å². The number of methoxy groups -OCH3 is 3. The fraction of sp³-hybridized carbons (Fsp3) is 0.364. The van der Waals surface area contributed by atoms with Crippen LogP contribution in [0.1, 0.15) is 11.6 Å². The lowest BCUT2D eigenvalue weighted by Crippen LogP contribution is -2.28. The van der Waals surface area contributed by atoms with Crippen molar-refractivity contribution in [1.82, 2.24) is 0 Å². The van der Waals surface area contributed by atoms with Crippen molar-refractivity contribution in [1.29, 1.82) is 0 Å². The van der Waals surface area contributed by atoms with Crippen LogP contribution < -0.4 is 9.80 Å². The number of hydrogen-bond donors (Lipinski definition) is 0. The standard InChI is InChI=1S/C22H23NO6/c1-26-16-11-9-14(10-12-16)19-22(13-29-23(19)15-7-5-4-6-8-15)17(20(24)27-2)18(22)21(25)28-3/h4-12,17-19H,13H2,1-3H3/t17-,18-,19-/m0/s1. The number of carbonyl (C=O) groups is 2. The molecule has 7 heteroatoms. The molecule has 2 fully saturated rings. The molecule has 152 valence electrons. The summed E-state index contributed by atoms with van der Waals surface area (Å²) in [5.41, 5.74) is 0.974. The highest BCUT2D eigenvalue weighted by atomic mass is 16.7. The molecule has 2 aromatic rings. The number of benzene rings is 2. The first-order chi connectivity index (χ1) is 14.1. The van der Waals surface area contributed by atoms with Crippen LogP contribution >= 0.6 is 0 Å². The summed E-state index contributed by atoms with van der Waals surface area (Å²) in [5.74, 6) is -1.42. The maximum Gasteiger partial charge on any atom is 0.310 e. The first-order valence-electron chi connectivity index (χ1n) is 9.35. The Morgan fingerprint density at radius 3 is 2.03 bits per heavy atom. The van der Waals surface area contributed by atoms with Crippen LogP contribution in [0, 0.1) is 17.3 Å². The van der Waals surface area contributed by atoms with Gasteiger partial charge in [-0.15, -0.1) is 0 Å².